The lowest BCUT2D eigenvalue weighted by Gasteiger charge is -2.22. The quantitative estimate of drug-likeness (QED) is 0.314. The van der Waals surface area contributed by atoms with Crippen LogP contribution >= 0.6 is 0 Å². The average molecular weight is 440 g/mol. The summed E-state index contributed by atoms with van der Waals surface area (Å²) in [7, 11) is 1.49. The molecule has 0 spiro atoms. The average Bonchev–Trinajstić information content (AvgIpc) is 3.13. The number of carbonyl (C=O) groups is 2. The predicted octanol–water partition coefficient (Wildman–Crippen LogP) is 5.24. The highest BCUT2D eigenvalue weighted by molar-refractivity contribution is 6.12. The number of ether oxygens (including phenoxy) is 4. The zero-order valence-electron chi connectivity index (χ0n) is 18.0. The molecule has 5 rings (SSSR count). The van der Waals surface area contributed by atoms with Crippen LogP contribution in [0.15, 0.2) is 84.1 Å². The fraction of sp³-hybridized carbons (Fsp3) is 0.111. The molecule has 0 unspecified atom stereocenters. The maximum Gasteiger partial charge on any atom is 0.347 e. The number of hydrogen-bond acceptors (Lipinski definition) is 6. The van der Waals surface area contributed by atoms with E-state index >= 15 is 0 Å². The highest BCUT2D eigenvalue weighted by atomic mass is 16.5. The van der Waals surface area contributed by atoms with Gasteiger partial charge in [0.25, 0.3) is 0 Å². The lowest BCUT2D eigenvalue weighted by Crippen LogP contribution is -2.18. The van der Waals surface area contributed by atoms with Crippen LogP contribution < -0.4 is 18.9 Å². The molecule has 0 saturated carbocycles. The monoisotopic (exact) mass is 440 g/mol. The van der Waals surface area contributed by atoms with Crippen molar-refractivity contribution in [3.05, 3.63) is 101 Å². The molecule has 0 N–H and O–H groups in total. The van der Waals surface area contributed by atoms with Gasteiger partial charge in [0.2, 0.25) is 5.78 Å². The summed E-state index contributed by atoms with van der Waals surface area (Å²) < 4.78 is 22.5. The Kier molecular flexibility index (Phi) is 5.18. The van der Waals surface area contributed by atoms with Crippen LogP contribution in [0.4, 0.5) is 0 Å². The van der Waals surface area contributed by atoms with E-state index in [-0.39, 0.29) is 23.4 Å². The minimum absolute atomic E-state index is 0.194. The second-order valence-electron chi connectivity index (χ2n) is 7.63. The van der Waals surface area contributed by atoms with Gasteiger partial charge in [-0.15, -0.1) is 0 Å². The Hall–Kier alpha value is -4.32. The molecule has 33 heavy (non-hydrogen) atoms. The fourth-order valence-electron chi connectivity index (χ4n) is 3.78. The van der Waals surface area contributed by atoms with Gasteiger partial charge in [-0.05, 0) is 55.0 Å². The summed E-state index contributed by atoms with van der Waals surface area (Å²) in [5.74, 6) is 1.21. The molecule has 6 heteroatoms. The van der Waals surface area contributed by atoms with Gasteiger partial charge < -0.3 is 18.9 Å². The predicted molar refractivity (Wildman–Crippen MR) is 122 cm³/mol. The summed E-state index contributed by atoms with van der Waals surface area (Å²) in [5, 5.41) is 0. The van der Waals surface area contributed by atoms with Crippen LogP contribution in [-0.2, 0) is 0 Å². The minimum atomic E-state index is -0.565. The third-order valence-electron chi connectivity index (χ3n) is 5.49. The minimum Gasteiger partial charge on any atom is -0.496 e. The third-order valence-corrected chi connectivity index (χ3v) is 5.49. The molecule has 0 aromatic heterocycles. The van der Waals surface area contributed by atoms with Gasteiger partial charge >= 0.3 is 5.97 Å². The molecule has 0 bridgehead atoms. The maximum absolute atomic E-state index is 12.9. The number of hydrogen-bond donors (Lipinski definition) is 0. The standard InChI is InChI=1S/C27H20O6/c1-16-18(13-17-7-3-5-9-22(17)31-16)14-25-26(28)20-12-11-19(15-24(20)33-25)32-27(29)21-8-4-6-10-23(21)30-2/h3-16H,1-2H3/b25-14-/t16-/m1/s1. The van der Waals surface area contributed by atoms with E-state index in [1.54, 1.807) is 42.5 Å². The molecule has 3 aromatic rings. The van der Waals surface area contributed by atoms with Crippen molar-refractivity contribution < 1.29 is 28.5 Å². The van der Waals surface area contributed by atoms with E-state index in [1.807, 2.05) is 37.3 Å². The van der Waals surface area contributed by atoms with Crippen molar-refractivity contribution in [2.45, 2.75) is 13.0 Å². The number of fused-ring (bicyclic) bond motifs is 2. The first-order valence-corrected chi connectivity index (χ1v) is 10.4. The van der Waals surface area contributed by atoms with Crippen molar-refractivity contribution in [2.24, 2.45) is 0 Å². The molecule has 0 radical (unpaired) electrons. The molecule has 6 nitrogen and oxygen atoms in total. The highest BCUT2D eigenvalue weighted by Gasteiger charge is 2.30. The smallest absolute Gasteiger partial charge is 0.347 e. The SMILES string of the molecule is COc1ccccc1C(=O)Oc1ccc2c(c1)O/C(=C\C1=Cc3ccccc3O[C@@H]1C)C2=O. The Balaban J connectivity index is 1.38. The second-order valence-corrected chi connectivity index (χ2v) is 7.63. The van der Waals surface area contributed by atoms with Crippen molar-refractivity contribution in [1.82, 2.24) is 0 Å². The van der Waals surface area contributed by atoms with E-state index in [1.165, 1.54) is 13.2 Å². The largest absolute Gasteiger partial charge is 0.496 e. The van der Waals surface area contributed by atoms with Crippen LogP contribution in [0.2, 0.25) is 0 Å². The van der Waals surface area contributed by atoms with Crippen LogP contribution in [0.5, 0.6) is 23.0 Å². The zero-order valence-corrected chi connectivity index (χ0v) is 18.0. The van der Waals surface area contributed by atoms with Crippen molar-refractivity contribution in [3.63, 3.8) is 0 Å². The summed E-state index contributed by atoms with van der Waals surface area (Å²) in [5.41, 5.74) is 2.48. The Morgan fingerprint density at radius 2 is 1.79 bits per heavy atom. The number of rotatable bonds is 4. The molecule has 2 aliphatic heterocycles. The molecule has 2 aliphatic rings. The van der Waals surface area contributed by atoms with Crippen LogP contribution in [0, 0.1) is 0 Å². The number of methoxy groups -OCH3 is 1. The molecule has 0 saturated heterocycles. The first kappa shape index (κ1) is 20.6. The van der Waals surface area contributed by atoms with Crippen molar-refractivity contribution in [3.8, 4) is 23.0 Å². The molecular formula is C27H20O6. The number of Topliss-reactive ketones (excluding diaryl/α,β-unsaturated/α-hetero) is 1. The Morgan fingerprint density at radius 3 is 2.64 bits per heavy atom. The first-order chi connectivity index (χ1) is 16.0. The number of benzene rings is 3. The first-order valence-electron chi connectivity index (χ1n) is 10.4. The molecule has 3 aromatic carbocycles. The number of carbonyl (C=O) groups excluding carboxylic acids is 2. The van der Waals surface area contributed by atoms with Crippen LogP contribution in [0.3, 0.4) is 0 Å². The number of ketones is 1. The highest BCUT2D eigenvalue weighted by Crippen LogP contribution is 2.37. The van der Waals surface area contributed by atoms with Gasteiger partial charge in [0, 0.05) is 11.6 Å². The van der Waals surface area contributed by atoms with Gasteiger partial charge in [-0.2, -0.15) is 0 Å². The van der Waals surface area contributed by atoms with Crippen LogP contribution in [0.1, 0.15) is 33.2 Å². The fourth-order valence-corrected chi connectivity index (χ4v) is 3.78. The Labute approximate surface area is 190 Å². The topological polar surface area (TPSA) is 71.1 Å². The molecule has 1 atom stereocenters. The lowest BCUT2D eigenvalue weighted by molar-refractivity contribution is 0.0731. The van der Waals surface area contributed by atoms with E-state index in [2.05, 4.69) is 0 Å². The number of allylic oxidation sites excluding steroid dienone is 1. The van der Waals surface area contributed by atoms with Crippen LogP contribution in [0.25, 0.3) is 6.08 Å². The van der Waals surface area contributed by atoms with E-state index in [4.69, 9.17) is 18.9 Å². The van der Waals surface area contributed by atoms with Gasteiger partial charge in [-0.3, -0.25) is 4.79 Å². The van der Waals surface area contributed by atoms with Gasteiger partial charge in [-0.1, -0.05) is 30.3 Å². The number of para-hydroxylation sites is 2. The Morgan fingerprint density at radius 1 is 1.00 bits per heavy atom. The van der Waals surface area contributed by atoms with E-state index < -0.39 is 5.97 Å². The maximum atomic E-state index is 12.9. The summed E-state index contributed by atoms with van der Waals surface area (Å²) >= 11 is 0. The normalized spacial score (nSPS) is 17.4. The molecule has 0 fully saturated rings. The van der Waals surface area contributed by atoms with E-state index in [9.17, 15) is 9.59 Å². The lowest BCUT2D eigenvalue weighted by atomic mass is 10.0. The summed E-state index contributed by atoms with van der Waals surface area (Å²) in [6, 6.07) is 19.2. The third kappa shape index (κ3) is 3.87. The van der Waals surface area contributed by atoms with Gasteiger partial charge in [0.1, 0.15) is 34.7 Å². The molecule has 2 heterocycles. The summed E-state index contributed by atoms with van der Waals surface area (Å²) in [4.78, 5) is 25.5. The van der Waals surface area contributed by atoms with Crippen molar-refractivity contribution in [2.75, 3.05) is 7.11 Å². The van der Waals surface area contributed by atoms with Crippen molar-refractivity contribution >= 4 is 17.8 Å². The van der Waals surface area contributed by atoms with Gasteiger partial charge in [0.05, 0.1) is 12.7 Å². The van der Waals surface area contributed by atoms with Gasteiger partial charge in [0.15, 0.2) is 5.76 Å². The van der Waals surface area contributed by atoms with E-state index in [0.29, 0.717) is 22.6 Å². The summed E-state index contributed by atoms with van der Waals surface area (Å²) in [6.07, 6.45) is 3.45. The zero-order chi connectivity index (χ0) is 22.9. The van der Waals surface area contributed by atoms with Crippen LogP contribution in [-0.4, -0.2) is 25.0 Å². The number of esters is 1. The summed E-state index contributed by atoms with van der Waals surface area (Å²) in [6.45, 7) is 1.92. The Bertz CT molecular complexity index is 1330. The molecule has 0 amide bonds. The van der Waals surface area contributed by atoms with E-state index in [0.717, 1.165) is 16.9 Å². The molecular weight excluding hydrogens is 420 g/mol. The molecule has 0 aliphatic carbocycles. The van der Waals surface area contributed by atoms with Crippen molar-refractivity contribution in [1.29, 1.82) is 0 Å². The second kappa shape index (κ2) is 8.31. The molecule has 164 valence electrons. The van der Waals surface area contributed by atoms with Gasteiger partial charge in [-0.25, -0.2) is 4.79 Å².